The summed E-state index contributed by atoms with van der Waals surface area (Å²) in [6.07, 6.45) is -3.30. The van der Waals surface area contributed by atoms with Crippen LogP contribution in [-0.4, -0.2) is 58.2 Å². The van der Waals surface area contributed by atoms with Crippen LogP contribution in [0.25, 0.3) is 6.08 Å². The summed E-state index contributed by atoms with van der Waals surface area (Å²) in [5.41, 5.74) is 0.566. The van der Waals surface area contributed by atoms with Gasteiger partial charge in [0.1, 0.15) is 17.1 Å². The summed E-state index contributed by atoms with van der Waals surface area (Å²) in [5.74, 6) is -0.819. The van der Waals surface area contributed by atoms with Crippen LogP contribution >= 0.6 is 0 Å². The van der Waals surface area contributed by atoms with Crippen LogP contribution in [0.5, 0.6) is 5.75 Å². The predicted octanol–water partition coefficient (Wildman–Crippen LogP) is 2.81. The van der Waals surface area contributed by atoms with Crippen molar-refractivity contribution in [1.82, 2.24) is 9.62 Å². The molecule has 38 heavy (non-hydrogen) atoms. The number of amidine groups is 1. The van der Waals surface area contributed by atoms with Gasteiger partial charge in [0.2, 0.25) is 10.0 Å². The van der Waals surface area contributed by atoms with E-state index in [0.29, 0.717) is 16.8 Å². The van der Waals surface area contributed by atoms with E-state index in [9.17, 15) is 35.1 Å². The molecule has 2 aliphatic heterocycles. The fourth-order valence-corrected chi connectivity index (χ4v) is 5.71. The Bertz CT molecular complexity index is 1430. The third kappa shape index (κ3) is 6.40. The summed E-state index contributed by atoms with van der Waals surface area (Å²) in [5, 5.41) is 3.64. The van der Waals surface area contributed by atoms with E-state index in [1.54, 1.807) is 19.1 Å². The zero-order valence-electron chi connectivity index (χ0n) is 19.8. The van der Waals surface area contributed by atoms with Crippen LogP contribution in [0, 0.1) is 6.92 Å². The second-order valence-electron chi connectivity index (χ2n) is 8.68. The minimum absolute atomic E-state index is 0.00521. The lowest BCUT2D eigenvalue weighted by atomic mass is 9.89. The first-order valence-electron chi connectivity index (χ1n) is 11.2. The summed E-state index contributed by atoms with van der Waals surface area (Å²) < 4.78 is 92.4. The van der Waals surface area contributed by atoms with E-state index < -0.39 is 44.8 Å². The van der Waals surface area contributed by atoms with Crippen LogP contribution in [0.3, 0.4) is 0 Å². The van der Waals surface area contributed by atoms with Crippen molar-refractivity contribution in [2.75, 3.05) is 17.8 Å². The van der Waals surface area contributed by atoms with Gasteiger partial charge in [0, 0.05) is 41.0 Å². The Hall–Kier alpha value is -3.27. The third-order valence-electron chi connectivity index (χ3n) is 6.12. The molecule has 1 saturated heterocycles. The van der Waals surface area contributed by atoms with Crippen LogP contribution in [0.2, 0.25) is 0 Å². The molecule has 4 rings (SSSR count). The molecule has 0 bridgehead atoms. The Morgan fingerprint density at radius 3 is 2.55 bits per heavy atom. The molecule has 1 fully saturated rings. The summed E-state index contributed by atoms with van der Waals surface area (Å²) in [6, 6.07) is 9.70. The zero-order chi connectivity index (χ0) is 27.7. The number of hydrogen-bond donors (Lipinski definition) is 2. The molecule has 2 heterocycles. The molecule has 0 aromatic heterocycles. The maximum absolute atomic E-state index is 12.9. The van der Waals surface area contributed by atoms with Crippen molar-refractivity contribution in [3.05, 3.63) is 64.6 Å². The minimum Gasteiger partial charge on any atom is -0.755 e. The van der Waals surface area contributed by atoms with Gasteiger partial charge < -0.3 is 19.3 Å². The van der Waals surface area contributed by atoms with E-state index in [1.165, 1.54) is 28.6 Å². The van der Waals surface area contributed by atoms with Gasteiger partial charge in [-0.05, 0) is 61.2 Å². The topological polar surface area (TPSA) is 140 Å². The summed E-state index contributed by atoms with van der Waals surface area (Å²) in [7, 11) is -3.84. The highest BCUT2D eigenvalue weighted by Gasteiger charge is 2.47. The van der Waals surface area contributed by atoms with Crippen molar-refractivity contribution in [2.24, 2.45) is 4.99 Å². The molecule has 15 heteroatoms. The number of nitrogens with one attached hydrogen (secondary N) is 2. The number of benzene rings is 2. The molecule has 0 aliphatic carbocycles. The van der Waals surface area contributed by atoms with Crippen molar-refractivity contribution in [2.45, 2.75) is 31.7 Å². The van der Waals surface area contributed by atoms with Gasteiger partial charge in [0.25, 0.3) is 5.91 Å². The number of rotatable bonds is 7. The molecule has 2 aromatic rings. The number of nitrogens with zero attached hydrogens (tertiary/aromatic N) is 2. The van der Waals surface area contributed by atoms with Crippen LogP contribution in [-0.2, 0) is 26.1 Å². The van der Waals surface area contributed by atoms with Gasteiger partial charge in [-0.1, -0.05) is 18.2 Å². The average Bonchev–Trinajstić information content (AvgIpc) is 3.13. The molecule has 1 atom stereocenters. The number of sulfonamides is 1. The summed E-state index contributed by atoms with van der Waals surface area (Å²) in [6.45, 7) is 1.71. The number of carbonyl (C=O) groups is 1. The van der Waals surface area contributed by atoms with Crippen molar-refractivity contribution >= 4 is 44.8 Å². The third-order valence-corrected chi connectivity index (χ3v) is 8.09. The number of ether oxygens (including phenoxy) is 1. The predicted molar refractivity (Wildman–Crippen MR) is 133 cm³/mol. The Labute approximate surface area is 219 Å². The fraction of sp³-hybridized carbons (Fsp3) is 0.304. The second-order valence-corrected chi connectivity index (χ2v) is 11.2. The quantitative estimate of drug-likeness (QED) is 0.490. The molecule has 0 radical (unpaired) electrons. The van der Waals surface area contributed by atoms with Crippen molar-refractivity contribution < 1.29 is 39.9 Å². The number of carbonyl (C=O) groups excluding carboxylic acids is 1. The van der Waals surface area contributed by atoms with Gasteiger partial charge in [0.15, 0.2) is 0 Å². The van der Waals surface area contributed by atoms with Gasteiger partial charge in [-0.25, -0.2) is 8.42 Å². The first kappa shape index (κ1) is 27.8. The van der Waals surface area contributed by atoms with Crippen molar-refractivity contribution in [3.63, 3.8) is 0 Å². The molecule has 2 N–H and O–H groups in total. The number of aryl methyl sites for hydroxylation is 1. The molecule has 1 amide bonds. The Balaban J connectivity index is 1.45. The number of anilines is 1. The van der Waals surface area contributed by atoms with E-state index in [-0.39, 0.29) is 37.3 Å². The lowest BCUT2D eigenvalue weighted by Crippen LogP contribution is -2.50. The van der Waals surface area contributed by atoms with Crippen LogP contribution in [0.4, 0.5) is 18.9 Å². The van der Waals surface area contributed by atoms with Crippen LogP contribution in [0.15, 0.2) is 52.9 Å². The maximum atomic E-state index is 12.9. The molecule has 2 aromatic carbocycles. The normalized spacial score (nSPS) is 18.9. The van der Waals surface area contributed by atoms with E-state index in [0.717, 1.165) is 17.5 Å². The Morgan fingerprint density at radius 1 is 1.21 bits per heavy atom. The van der Waals surface area contributed by atoms with E-state index in [4.69, 9.17) is 0 Å². The minimum atomic E-state index is -4.87. The molecule has 10 nitrogen and oxygen atoms in total. The summed E-state index contributed by atoms with van der Waals surface area (Å²) >= 11 is -2.48. The standard InChI is InChI=1S/C23H23F3N4O6S2/c1-15-13-18(29-37(32)33)6-5-16(15)7-12-38(34,35)30-10-8-22(9-11-30)21(31)27-20(28-22)17-3-2-4-19(14-17)36-23(24,25)26/h2-7,12-14,29H,8-11H2,1H3,(H,32,33)(H,27,28,31)/p-1/b12-7+. The van der Waals surface area contributed by atoms with E-state index in [2.05, 4.69) is 19.8 Å². The molecule has 1 spiro atoms. The number of aliphatic imine (C=N–C) groups is 1. The van der Waals surface area contributed by atoms with E-state index in [1.807, 2.05) is 0 Å². The number of piperidine rings is 1. The van der Waals surface area contributed by atoms with Crippen LogP contribution in [0.1, 0.15) is 29.5 Å². The highest BCUT2D eigenvalue weighted by Crippen LogP contribution is 2.33. The van der Waals surface area contributed by atoms with Gasteiger partial charge in [0.05, 0.1) is 0 Å². The van der Waals surface area contributed by atoms with Gasteiger partial charge in [-0.2, -0.15) is 4.31 Å². The maximum Gasteiger partial charge on any atom is 0.573 e. The number of amides is 1. The van der Waals surface area contributed by atoms with Gasteiger partial charge in [-0.15, -0.1) is 13.2 Å². The van der Waals surface area contributed by atoms with Gasteiger partial charge in [-0.3, -0.25) is 14.0 Å². The first-order chi connectivity index (χ1) is 17.8. The van der Waals surface area contributed by atoms with E-state index >= 15 is 0 Å². The lowest BCUT2D eigenvalue weighted by Gasteiger charge is -2.34. The Kier molecular flexibility index (Phi) is 7.65. The average molecular weight is 572 g/mol. The number of hydrogen-bond acceptors (Lipinski definition) is 7. The van der Waals surface area contributed by atoms with Crippen LogP contribution < -0.4 is 14.8 Å². The second kappa shape index (κ2) is 10.5. The number of halogens is 3. The molecular weight excluding hydrogens is 549 g/mol. The Morgan fingerprint density at radius 2 is 1.92 bits per heavy atom. The molecule has 0 saturated carbocycles. The molecule has 2 aliphatic rings. The highest BCUT2D eigenvalue weighted by atomic mass is 32.2. The molecule has 204 valence electrons. The summed E-state index contributed by atoms with van der Waals surface area (Å²) in [4.78, 5) is 17.2. The molecule has 1 unspecified atom stereocenters. The smallest absolute Gasteiger partial charge is 0.573 e. The SMILES string of the molecule is Cc1cc(NS(=O)[O-])ccc1/C=C/S(=O)(=O)N1CCC2(CC1)N=C(c1cccc(OC(F)(F)F)c1)NC2=O. The monoisotopic (exact) mass is 571 g/mol. The molecular formula is C23H22F3N4O6S2-. The number of alkyl halides is 3. The van der Waals surface area contributed by atoms with Crippen molar-refractivity contribution in [1.29, 1.82) is 0 Å². The first-order valence-corrected chi connectivity index (χ1v) is 13.8. The zero-order valence-corrected chi connectivity index (χ0v) is 21.5. The largest absolute Gasteiger partial charge is 0.755 e. The fourth-order valence-electron chi connectivity index (χ4n) is 4.21. The highest BCUT2D eigenvalue weighted by molar-refractivity contribution is 7.92. The van der Waals surface area contributed by atoms with Crippen molar-refractivity contribution in [3.8, 4) is 5.75 Å². The lowest BCUT2D eigenvalue weighted by molar-refractivity contribution is -0.274. The van der Waals surface area contributed by atoms with Gasteiger partial charge >= 0.3 is 6.36 Å².